The molecule has 162 valence electrons. The van der Waals surface area contributed by atoms with Gasteiger partial charge in [-0.3, -0.25) is 14.2 Å². The molecule has 1 unspecified atom stereocenters. The lowest BCUT2D eigenvalue weighted by atomic mass is 9.95. The lowest BCUT2D eigenvalue weighted by Gasteiger charge is -2.19. The van der Waals surface area contributed by atoms with Crippen LogP contribution in [0.4, 0.5) is 5.69 Å². The summed E-state index contributed by atoms with van der Waals surface area (Å²) in [6.07, 6.45) is 5.90. The SMILES string of the molecule is CCC(C(=O)Nc1ccc(OC)c(OC)c1)n1cnc2nc3c(cc2c1=O)CCCC3. The van der Waals surface area contributed by atoms with E-state index in [-0.39, 0.29) is 11.5 Å². The molecule has 0 fully saturated rings. The lowest BCUT2D eigenvalue weighted by Crippen LogP contribution is -2.33. The van der Waals surface area contributed by atoms with Crippen LogP contribution in [-0.4, -0.2) is 34.7 Å². The average Bonchev–Trinajstić information content (AvgIpc) is 2.80. The molecular weight excluding hydrogens is 396 g/mol. The van der Waals surface area contributed by atoms with E-state index in [1.165, 1.54) is 18.0 Å². The molecule has 4 rings (SSSR count). The molecule has 1 atom stereocenters. The van der Waals surface area contributed by atoms with Crippen molar-refractivity contribution in [3.05, 3.63) is 52.2 Å². The van der Waals surface area contributed by atoms with Crippen molar-refractivity contribution in [3.63, 3.8) is 0 Å². The van der Waals surface area contributed by atoms with E-state index in [1.807, 2.05) is 13.0 Å². The number of carbonyl (C=O) groups is 1. The molecule has 3 aromatic rings. The number of amides is 1. The monoisotopic (exact) mass is 422 g/mol. The van der Waals surface area contributed by atoms with Crippen LogP contribution in [-0.2, 0) is 17.6 Å². The Morgan fingerprint density at radius 2 is 1.94 bits per heavy atom. The fourth-order valence-electron chi connectivity index (χ4n) is 4.06. The molecule has 1 amide bonds. The van der Waals surface area contributed by atoms with Gasteiger partial charge in [0.05, 0.1) is 19.6 Å². The van der Waals surface area contributed by atoms with Crippen LogP contribution in [0.3, 0.4) is 0 Å². The van der Waals surface area contributed by atoms with Crippen molar-refractivity contribution in [1.82, 2.24) is 14.5 Å². The van der Waals surface area contributed by atoms with Gasteiger partial charge in [-0.25, -0.2) is 9.97 Å². The quantitative estimate of drug-likeness (QED) is 0.655. The average molecular weight is 422 g/mol. The maximum Gasteiger partial charge on any atom is 0.263 e. The zero-order chi connectivity index (χ0) is 22.0. The Hall–Kier alpha value is -3.42. The van der Waals surface area contributed by atoms with E-state index in [0.717, 1.165) is 36.9 Å². The van der Waals surface area contributed by atoms with Gasteiger partial charge < -0.3 is 14.8 Å². The molecule has 2 aromatic heterocycles. The Morgan fingerprint density at radius 1 is 1.16 bits per heavy atom. The molecule has 0 spiro atoms. The number of hydrogen-bond acceptors (Lipinski definition) is 6. The van der Waals surface area contributed by atoms with E-state index in [9.17, 15) is 9.59 Å². The van der Waals surface area contributed by atoms with Gasteiger partial charge in [0.2, 0.25) is 5.91 Å². The maximum atomic E-state index is 13.2. The normalized spacial score (nSPS) is 14.0. The molecule has 8 heteroatoms. The van der Waals surface area contributed by atoms with Crippen molar-refractivity contribution in [2.24, 2.45) is 0 Å². The lowest BCUT2D eigenvalue weighted by molar-refractivity contribution is -0.119. The summed E-state index contributed by atoms with van der Waals surface area (Å²) in [6, 6.07) is 6.33. The highest BCUT2D eigenvalue weighted by atomic mass is 16.5. The Bertz CT molecular complexity index is 1190. The number of anilines is 1. The number of aryl methyl sites for hydroxylation is 2. The van der Waals surface area contributed by atoms with Crippen LogP contribution in [0.2, 0.25) is 0 Å². The first-order valence-electron chi connectivity index (χ1n) is 10.5. The maximum absolute atomic E-state index is 13.2. The van der Waals surface area contributed by atoms with Crippen molar-refractivity contribution in [3.8, 4) is 11.5 Å². The van der Waals surface area contributed by atoms with Crippen LogP contribution in [0.5, 0.6) is 11.5 Å². The van der Waals surface area contributed by atoms with Crippen molar-refractivity contribution < 1.29 is 14.3 Å². The summed E-state index contributed by atoms with van der Waals surface area (Å²) in [5.74, 6) is 0.774. The molecule has 31 heavy (non-hydrogen) atoms. The highest BCUT2D eigenvalue weighted by Gasteiger charge is 2.23. The Labute approximate surface area is 180 Å². The summed E-state index contributed by atoms with van der Waals surface area (Å²) in [5, 5.41) is 3.32. The highest BCUT2D eigenvalue weighted by molar-refractivity contribution is 5.94. The summed E-state index contributed by atoms with van der Waals surface area (Å²) < 4.78 is 11.9. The van der Waals surface area contributed by atoms with Crippen LogP contribution in [0.15, 0.2) is 35.4 Å². The van der Waals surface area contributed by atoms with Gasteiger partial charge in [0.1, 0.15) is 12.4 Å². The van der Waals surface area contributed by atoms with Crippen LogP contribution in [0.1, 0.15) is 43.5 Å². The smallest absolute Gasteiger partial charge is 0.263 e. The summed E-state index contributed by atoms with van der Waals surface area (Å²) in [5.41, 5.74) is 2.88. The molecule has 0 saturated heterocycles. The van der Waals surface area contributed by atoms with Gasteiger partial charge in [0.25, 0.3) is 5.56 Å². The van der Waals surface area contributed by atoms with E-state index >= 15 is 0 Å². The molecule has 0 aliphatic heterocycles. The third kappa shape index (κ3) is 3.97. The van der Waals surface area contributed by atoms with Crippen LogP contribution in [0, 0.1) is 0 Å². The first kappa shape index (κ1) is 20.8. The fourth-order valence-corrected chi connectivity index (χ4v) is 4.06. The van der Waals surface area contributed by atoms with E-state index in [0.29, 0.717) is 34.6 Å². The number of methoxy groups -OCH3 is 2. The van der Waals surface area contributed by atoms with Crippen LogP contribution in [0.25, 0.3) is 11.0 Å². The van der Waals surface area contributed by atoms with Gasteiger partial charge in [0.15, 0.2) is 17.1 Å². The largest absolute Gasteiger partial charge is 0.493 e. The minimum Gasteiger partial charge on any atom is -0.493 e. The number of hydrogen-bond donors (Lipinski definition) is 1. The minimum absolute atomic E-state index is 0.250. The zero-order valence-electron chi connectivity index (χ0n) is 18.0. The standard InChI is InChI=1S/C23H26N4O4/c1-4-18(22(28)25-15-9-10-19(30-2)20(12-15)31-3)27-13-24-21-16(23(27)29)11-14-7-5-6-8-17(14)26-21/h9-13,18H,4-8H2,1-3H3,(H,25,28). The first-order valence-corrected chi connectivity index (χ1v) is 10.5. The Balaban J connectivity index is 1.66. The van der Waals surface area contributed by atoms with E-state index in [2.05, 4.69) is 15.3 Å². The Kier molecular flexibility index (Phi) is 5.88. The number of benzene rings is 1. The number of carbonyl (C=O) groups excluding carboxylic acids is 1. The molecule has 0 saturated carbocycles. The second-order valence-corrected chi connectivity index (χ2v) is 7.61. The number of nitrogens with zero attached hydrogens (tertiary/aromatic N) is 3. The van der Waals surface area contributed by atoms with Gasteiger partial charge in [-0.15, -0.1) is 0 Å². The number of ether oxygens (including phenoxy) is 2. The first-order chi connectivity index (χ1) is 15.0. The van der Waals surface area contributed by atoms with Crippen molar-refractivity contribution in [1.29, 1.82) is 0 Å². The second kappa shape index (κ2) is 8.75. The molecule has 2 heterocycles. The summed E-state index contributed by atoms with van der Waals surface area (Å²) in [6.45, 7) is 1.86. The molecule has 1 aromatic carbocycles. The third-order valence-electron chi connectivity index (χ3n) is 5.73. The molecular formula is C23H26N4O4. The predicted octanol–water partition coefficient (Wildman–Crippen LogP) is 3.28. The summed E-state index contributed by atoms with van der Waals surface area (Å²) in [4.78, 5) is 35.2. The topological polar surface area (TPSA) is 95.3 Å². The molecule has 0 bridgehead atoms. The van der Waals surface area contributed by atoms with Gasteiger partial charge in [0, 0.05) is 17.4 Å². The number of fused-ring (bicyclic) bond motifs is 2. The van der Waals surface area contributed by atoms with Crippen molar-refractivity contribution in [2.45, 2.75) is 45.1 Å². The number of aromatic nitrogens is 3. The molecule has 0 radical (unpaired) electrons. The van der Waals surface area contributed by atoms with E-state index in [4.69, 9.17) is 9.47 Å². The molecule has 1 aliphatic carbocycles. The highest BCUT2D eigenvalue weighted by Crippen LogP contribution is 2.30. The van der Waals surface area contributed by atoms with Gasteiger partial charge in [-0.1, -0.05) is 6.92 Å². The molecule has 1 N–H and O–H groups in total. The fraction of sp³-hybridized carbons (Fsp3) is 0.391. The predicted molar refractivity (Wildman–Crippen MR) is 118 cm³/mol. The summed E-state index contributed by atoms with van der Waals surface area (Å²) >= 11 is 0. The van der Waals surface area contributed by atoms with Crippen LogP contribution >= 0.6 is 0 Å². The zero-order valence-corrected chi connectivity index (χ0v) is 18.0. The van der Waals surface area contributed by atoms with Gasteiger partial charge in [-0.2, -0.15) is 0 Å². The van der Waals surface area contributed by atoms with Crippen LogP contribution < -0.4 is 20.3 Å². The second-order valence-electron chi connectivity index (χ2n) is 7.61. The molecule has 8 nitrogen and oxygen atoms in total. The van der Waals surface area contributed by atoms with Gasteiger partial charge >= 0.3 is 0 Å². The third-order valence-corrected chi connectivity index (χ3v) is 5.73. The number of nitrogens with one attached hydrogen (secondary N) is 1. The van der Waals surface area contributed by atoms with Crippen molar-refractivity contribution in [2.75, 3.05) is 19.5 Å². The minimum atomic E-state index is -0.700. The molecule has 1 aliphatic rings. The number of rotatable bonds is 6. The van der Waals surface area contributed by atoms with Gasteiger partial charge in [-0.05, 0) is 55.9 Å². The summed E-state index contributed by atoms with van der Waals surface area (Å²) in [7, 11) is 3.08. The van der Waals surface area contributed by atoms with E-state index in [1.54, 1.807) is 25.3 Å². The Morgan fingerprint density at radius 3 is 2.68 bits per heavy atom. The van der Waals surface area contributed by atoms with E-state index < -0.39 is 6.04 Å². The van der Waals surface area contributed by atoms with Crippen molar-refractivity contribution >= 4 is 22.6 Å². The number of pyridine rings is 1.